The highest BCUT2D eigenvalue weighted by molar-refractivity contribution is 5.46. The highest BCUT2D eigenvalue weighted by Crippen LogP contribution is 2.18. The van der Waals surface area contributed by atoms with Crippen LogP contribution in [0.25, 0.3) is 0 Å². The molecule has 0 spiro atoms. The first-order valence-corrected chi connectivity index (χ1v) is 7.67. The Kier molecular flexibility index (Phi) is 6.54. The summed E-state index contributed by atoms with van der Waals surface area (Å²) in [5, 5.41) is 10.1. The Balaban J connectivity index is 1.84. The molecule has 1 N–H and O–H groups in total. The highest BCUT2D eigenvalue weighted by atomic mass is 19.2. The predicted octanol–water partition coefficient (Wildman–Crippen LogP) is 2.35. The predicted molar refractivity (Wildman–Crippen MR) is 80.0 cm³/mol. The lowest BCUT2D eigenvalue weighted by atomic mass is 10.1. The van der Waals surface area contributed by atoms with Gasteiger partial charge in [-0.2, -0.15) is 0 Å². The fraction of sp³-hybridized carbons (Fsp3) is 0.625. The van der Waals surface area contributed by atoms with Crippen molar-refractivity contribution in [2.75, 3.05) is 37.8 Å². The Morgan fingerprint density at radius 1 is 1.32 bits per heavy atom. The third-order valence-corrected chi connectivity index (χ3v) is 3.77. The van der Waals surface area contributed by atoms with Gasteiger partial charge >= 0.3 is 0 Å². The second-order valence-corrected chi connectivity index (χ2v) is 5.44. The Labute approximate surface area is 129 Å². The number of likely N-dealkylation sites (N-methyl/N-ethyl adjacent to an activating group) is 1. The third-order valence-electron chi connectivity index (χ3n) is 3.77. The van der Waals surface area contributed by atoms with E-state index in [4.69, 9.17) is 9.47 Å². The monoisotopic (exact) mass is 315 g/mol. The van der Waals surface area contributed by atoms with E-state index in [9.17, 15) is 13.9 Å². The summed E-state index contributed by atoms with van der Waals surface area (Å²) in [6, 6.07) is 3.75. The lowest BCUT2D eigenvalue weighted by Crippen LogP contribution is -2.36. The molecule has 0 bridgehead atoms. The van der Waals surface area contributed by atoms with Gasteiger partial charge < -0.3 is 19.5 Å². The molecule has 22 heavy (non-hydrogen) atoms. The normalized spacial score (nSPS) is 17.5. The van der Waals surface area contributed by atoms with Crippen molar-refractivity contribution >= 4 is 5.69 Å². The number of nitrogens with zero attached hydrogens (tertiary/aromatic N) is 1. The van der Waals surface area contributed by atoms with Gasteiger partial charge in [0.25, 0.3) is 0 Å². The molecule has 0 radical (unpaired) electrons. The zero-order valence-corrected chi connectivity index (χ0v) is 12.8. The van der Waals surface area contributed by atoms with Crippen LogP contribution in [0.3, 0.4) is 0 Å². The lowest BCUT2D eigenvalue weighted by molar-refractivity contribution is -0.0575. The smallest absolute Gasteiger partial charge is 0.160 e. The molecule has 4 nitrogen and oxygen atoms in total. The molecule has 0 aliphatic carbocycles. The summed E-state index contributed by atoms with van der Waals surface area (Å²) in [6.45, 7) is 4.40. The van der Waals surface area contributed by atoms with Crippen molar-refractivity contribution < 1.29 is 23.4 Å². The van der Waals surface area contributed by atoms with Gasteiger partial charge in [-0.3, -0.25) is 0 Å². The van der Waals surface area contributed by atoms with E-state index in [1.54, 1.807) is 4.90 Å². The molecule has 2 rings (SSSR count). The number of aliphatic hydroxyl groups is 1. The number of ether oxygens (including phenoxy) is 2. The van der Waals surface area contributed by atoms with Crippen molar-refractivity contribution in [2.45, 2.75) is 32.0 Å². The summed E-state index contributed by atoms with van der Waals surface area (Å²) in [5.74, 6) is -1.76. The van der Waals surface area contributed by atoms with Crippen LogP contribution in [0.5, 0.6) is 0 Å². The second kappa shape index (κ2) is 8.41. The van der Waals surface area contributed by atoms with E-state index in [2.05, 4.69) is 0 Å². The van der Waals surface area contributed by atoms with Crippen LogP contribution in [0.2, 0.25) is 0 Å². The van der Waals surface area contributed by atoms with Crippen LogP contribution in [0.4, 0.5) is 14.5 Å². The highest BCUT2D eigenvalue weighted by Gasteiger charge is 2.18. The maximum absolute atomic E-state index is 13.3. The largest absolute Gasteiger partial charge is 0.389 e. The van der Waals surface area contributed by atoms with Crippen molar-refractivity contribution in [1.29, 1.82) is 0 Å². The van der Waals surface area contributed by atoms with Crippen molar-refractivity contribution in [3.05, 3.63) is 29.8 Å². The van der Waals surface area contributed by atoms with E-state index < -0.39 is 17.7 Å². The molecule has 6 heteroatoms. The van der Waals surface area contributed by atoms with Gasteiger partial charge in [-0.25, -0.2) is 8.78 Å². The van der Waals surface area contributed by atoms with E-state index >= 15 is 0 Å². The van der Waals surface area contributed by atoms with Crippen LogP contribution in [0.15, 0.2) is 18.2 Å². The van der Waals surface area contributed by atoms with Gasteiger partial charge in [0.2, 0.25) is 0 Å². The molecule has 1 atom stereocenters. The van der Waals surface area contributed by atoms with Crippen LogP contribution in [-0.2, 0) is 9.47 Å². The Morgan fingerprint density at radius 3 is 2.68 bits per heavy atom. The molecule has 124 valence electrons. The molecule has 1 saturated heterocycles. The van der Waals surface area contributed by atoms with Crippen molar-refractivity contribution in [2.24, 2.45) is 0 Å². The van der Waals surface area contributed by atoms with Crippen LogP contribution in [0.1, 0.15) is 19.8 Å². The van der Waals surface area contributed by atoms with Crippen molar-refractivity contribution in [1.82, 2.24) is 0 Å². The number of hydrogen-bond acceptors (Lipinski definition) is 4. The summed E-state index contributed by atoms with van der Waals surface area (Å²) in [6.07, 6.45) is 1.12. The average Bonchev–Trinajstić information content (AvgIpc) is 2.54. The van der Waals surface area contributed by atoms with Gasteiger partial charge in [-0.15, -0.1) is 0 Å². The molecular weight excluding hydrogens is 292 g/mol. The van der Waals surface area contributed by atoms with Crippen LogP contribution >= 0.6 is 0 Å². The summed E-state index contributed by atoms with van der Waals surface area (Å²) >= 11 is 0. The molecule has 0 amide bonds. The zero-order valence-electron chi connectivity index (χ0n) is 12.8. The Bertz CT molecular complexity index is 467. The van der Waals surface area contributed by atoms with Gasteiger partial charge in [0.1, 0.15) is 0 Å². The number of hydrogen-bond donors (Lipinski definition) is 1. The molecule has 1 fully saturated rings. The minimum Gasteiger partial charge on any atom is -0.389 e. The number of halogens is 2. The molecule has 0 saturated carbocycles. The van der Waals surface area contributed by atoms with Gasteiger partial charge in [-0.1, -0.05) is 0 Å². The quantitative estimate of drug-likeness (QED) is 0.839. The van der Waals surface area contributed by atoms with E-state index in [0.717, 1.165) is 25.0 Å². The molecule has 1 heterocycles. The van der Waals surface area contributed by atoms with E-state index in [-0.39, 0.29) is 12.7 Å². The van der Waals surface area contributed by atoms with Crippen LogP contribution in [0, 0.1) is 11.6 Å². The molecule has 1 aliphatic heterocycles. The number of anilines is 1. The Morgan fingerprint density at radius 2 is 2.05 bits per heavy atom. The number of rotatable bonds is 7. The van der Waals surface area contributed by atoms with E-state index in [1.165, 1.54) is 6.07 Å². The first-order valence-electron chi connectivity index (χ1n) is 7.67. The fourth-order valence-corrected chi connectivity index (χ4v) is 2.50. The average molecular weight is 315 g/mol. The maximum atomic E-state index is 13.3. The number of benzene rings is 1. The molecule has 0 aromatic heterocycles. The first-order chi connectivity index (χ1) is 10.6. The van der Waals surface area contributed by atoms with Crippen molar-refractivity contribution in [3.8, 4) is 0 Å². The summed E-state index contributed by atoms with van der Waals surface area (Å²) in [7, 11) is 0. The molecular formula is C16H23F2NO3. The van der Waals surface area contributed by atoms with E-state index in [0.29, 0.717) is 32.0 Å². The molecule has 1 unspecified atom stereocenters. The molecule has 1 aromatic carbocycles. The van der Waals surface area contributed by atoms with Gasteiger partial charge in [0.15, 0.2) is 11.6 Å². The second-order valence-electron chi connectivity index (χ2n) is 5.44. The maximum Gasteiger partial charge on any atom is 0.160 e. The molecule has 1 aromatic rings. The summed E-state index contributed by atoms with van der Waals surface area (Å²) < 4.78 is 37.2. The first kappa shape index (κ1) is 17.1. The summed E-state index contributed by atoms with van der Waals surface area (Å²) in [5.41, 5.74) is 0.548. The van der Waals surface area contributed by atoms with Gasteiger partial charge in [0.05, 0.1) is 18.8 Å². The van der Waals surface area contributed by atoms with Crippen LogP contribution < -0.4 is 4.90 Å². The Hall–Kier alpha value is -1.24. The van der Waals surface area contributed by atoms with E-state index in [1.807, 2.05) is 6.92 Å². The lowest BCUT2D eigenvalue weighted by Gasteiger charge is -2.28. The van der Waals surface area contributed by atoms with Crippen LogP contribution in [-0.4, -0.2) is 50.2 Å². The standard InChI is InChI=1S/C16H23F2NO3/c1-2-19(12-3-4-15(17)16(18)9-12)10-13(20)11-22-14-5-7-21-8-6-14/h3-4,9,13-14,20H,2,5-8,10-11H2,1H3. The molecule has 1 aliphatic rings. The van der Waals surface area contributed by atoms with Gasteiger partial charge in [0, 0.05) is 38.1 Å². The zero-order chi connectivity index (χ0) is 15.9. The SMILES string of the molecule is CCN(CC(O)COC1CCOCC1)c1ccc(F)c(F)c1. The minimum atomic E-state index is -0.885. The number of aliphatic hydroxyl groups excluding tert-OH is 1. The van der Waals surface area contributed by atoms with Crippen molar-refractivity contribution in [3.63, 3.8) is 0 Å². The fourth-order valence-electron chi connectivity index (χ4n) is 2.50. The third kappa shape index (κ3) is 4.90. The van der Waals surface area contributed by atoms with Gasteiger partial charge in [-0.05, 0) is 31.9 Å². The minimum absolute atomic E-state index is 0.127. The topological polar surface area (TPSA) is 41.9 Å². The summed E-state index contributed by atoms with van der Waals surface area (Å²) in [4.78, 5) is 1.79.